The van der Waals surface area contributed by atoms with Gasteiger partial charge in [-0.2, -0.15) is 0 Å². The number of thioether (sulfide) groups is 1. The van der Waals surface area contributed by atoms with E-state index in [2.05, 4.69) is 0 Å². The van der Waals surface area contributed by atoms with Gasteiger partial charge in [-0.25, -0.2) is 13.6 Å². The number of nitrogens with zero attached hydrogens (tertiary/aromatic N) is 1. The van der Waals surface area contributed by atoms with E-state index >= 15 is 0 Å². The van der Waals surface area contributed by atoms with Crippen LogP contribution in [0.3, 0.4) is 0 Å². The third-order valence-electron chi connectivity index (χ3n) is 3.78. The van der Waals surface area contributed by atoms with Crippen molar-refractivity contribution < 1.29 is 27.5 Å². The smallest absolute Gasteiger partial charge is 0.266 e. The van der Waals surface area contributed by atoms with Crippen molar-refractivity contribution in [3.63, 3.8) is 0 Å². The minimum Gasteiger partial charge on any atom is -0.550 e. The molecule has 3 rings (SSSR count). The highest BCUT2D eigenvalue weighted by atomic mass is 32.2. The van der Waals surface area contributed by atoms with E-state index < -0.39 is 21.9 Å². The Morgan fingerprint density at radius 3 is 2.54 bits per heavy atom. The van der Waals surface area contributed by atoms with Gasteiger partial charge in [0.15, 0.2) is 0 Å². The van der Waals surface area contributed by atoms with Gasteiger partial charge < -0.3 is 14.3 Å². The van der Waals surface area contributed by atoms with Gasteiger partial charge in [-0.1, -0.05) is 24.0 Å². The Morgan fingerprint density at radius 1 is 1.25 bits per heavy atom. The molecule has 2 aromatic rings. The van der Waals surface area contributed by atoms with E-state index in [4.69, 9.17) is 21.8 Å². The van der Waals surface area contributed by atoms with Gasteiger partial charge in [-0.15, -0.1) is 0 Å². The number of carbonyl (C=O) groups is 2. The molecule has 0 atom stereocenters. The normalized spacial score (nSPS) is 16.2. The Labute approximate surface area is 170 Å². The van der Waals surface area contributed by atoms with Crippen molar-refractivity contribution in [1.29, 1.82) is 0 Å². The first kappa shape index (κ1) is 20.3. The van der Waals surface area contributed by atoms with Crippen LogP contribution in [-0.2, 0) is 19.6 Å². The molecule has 1 aromatic heterocycles. The molecule has 0 saturated carbocycles. The summed E-state index contributed by atoms with van der Waals surface area (Å²) >= 11 is 6.16. The first-order valence-corrected chi connectivity index (χ1v) is 10.6. The maximum absolute atomic E-state index is 12.4. The van der Waals surface area contributed by atoms with Gasteiger partial charge in [-0.3, -0.25) is 9.69 Å². The first-order valence-electron chi connectivity index (χ1n) is 7.83. The van der Waals surface area contributed by atoms with E-state index in [-0.39, 0.29) is 22.2 Å². The van der Waals surface area contributed by atoms with Crippen molar-refractivity contribution in [3.8, 4) is 11.3 Å². The van der Waals surface area contributed by atoms with E-state index in [1.54, 1.807) is 24.3 Å². The number of sulfonamides is 1. The number of thiocarbonyl (C=S) groups is 1. The number of amides is 1. The lowest BCUT2D eigenvalue weighted by molar-refractivity contribution is -0.305. The second-order valence-electron chi connectivity index (χ2n) is 5.73. The third-order valence-corrected chi connectivity index (χ3v) is 6.09. The summed E-state index contributed by atoms with van der Waals surface area (Å²) in [5, 5.41) is 15.7. The number of carbonyl (C=O) groups excluding carboxylic acids is 2. The topological polar surface area (TPSA) is 134 Å². The van der Waals surface area contributed by atoms with Gasteiger partial charge in [0, 0.05) is 30.6 Å². The van der Waals surface area contributed by atoms with Crippen LogP contribution < -0.4 is 10.2 Å². The van der Waals surface area contributed by atoms with Crippen LogP contribution in [0.4, 0.5) is 0 Å². The molecule has 1 fully saturated rings. The maximum atomic E-state index is 12.4. The first-order chi connectivity index (χ1) is 13.1. The summed E-state index contributed by atoms with van der Waals surface area (Å²) in [7, 11) is -3.78. The van der Waals surface area contributed by atoms with Crippen LogP contribution in [0.25, 0.3) is 17.4 Å². The summed E-state index contributed by atoms with van der Waals surface area (Å²) in [5.41, 5.74) is 0.633. The fourth-order valence-electron chi connectivity index (χ4n) is 2.42. The number of benzene rings is 1. The number of carboxylic acids is 1. The summed E-state index contributed by atoms with van der Waals surface area (Å²) in [6.45, 7) is -0.0514. The molecule has 1 aliphatic rings. The Balaban J connectivity index is 1.78. The van der Waals surface area contributed by atoms with Gasteiger partial charge in [-0.05, 0) is 36.4 Å². The number of furan rings is 1. The van der Waals surface area contributed by atoms with Gasteiger partial charge >= 0.3 is 0 Å². The zero-order chi connectivity index (χ0) is 20.5. The molecular weight excluding hydrogens is 424 g/mol. The van der Waals surface area contributed by atoms with Crippen LogP contribution in [0.15, 0.2) is 50.6 Å². The predicted octanol–water partition coefficient (Wildman–Crippen LogP) is 0.935. The molecule has 1 amide bonds. The average molecular weight is 438 g/mol. The van der Waals surface area contributed by atoms with E-state index in [1.165, 1.54) is 23.1 Å². The largest absolute Gasteiger partial charge is 0.550 e. The molecule has 0 bridgehead atoms. The van der Waals surface area contributed by atoms with Crippen molar-refractivity contribution in [2.24, 2.45) is 5.14 Å². The van der Waals surface area contributed by atoms with E-state index in [9.17, 15) is 23.1 Å². The minimum absolute atomic E-state index is 0.0109. The quantitative estimate of drug-likeness (QED) is 0.521. The van der Waals surface area contributed by atoms with Crippen molar-refractivity contribution in [3.05, 3.63) is 47.1 Å². The van der Waals surface area contributed by atoms with Gasteiger partial charge in [0.05, 0.1) is 9.80 Å². The number of nitrogens with two attached hydrogens (primary N) is 1. The fraction of sp³-hybridized carbons (Fsp3) is 0.118. The number of aliphatic carboxylic acids is 1. The molecule has 1 saturated heterocycles. The molecule has 8 nitrogen and oxygen atoms in total. The molecule has 0 radical (unpaired) electrons. The molecule has 1 aromatic carbocycles. The second kappa shape index (κ2) is 7.87. The van der Waals surface area contributed by atoms with Gasteiger partial charge in [0.1, 0.15) is 15.8 Å². The number of rotatable bonds is 6. The monoisotopic (exact) mass is 437 g/mol. The Kier molecular flexibility index (Phi) is 5.70. The molecule has 1 aliphatic heterocycles. The zero-order valence-electron chi connectivity index (χ0n) is 14.2. The molecule has 0 spiro atoms. The lowest BCUT2D eigenvalue weighted by Crippen LogP contribution is -2.33. The van der Waals surface area contributed by atoms with Crippen LogP contribution >= 0.6 is 24.0 Å². The molecule has 28 heavy (non-hydrogen) atoms. The molecule has 0 aliphatic carbocycles. The van der Waals surface area contributed by atoms with Gasteiger partial charge in [0.2, 0.25) is 10.0 Å². The molecular formula is C17H13N2O6S3-. The summed E-state index contributed by atoms with van der Waals surface area (Å²) in [4.78, 5) is 24.5. The molecule has 146 valence electrons. The van der Waals surface area contributed by atoms with Crippen molar-refractivity contribution in [1.82, 2.24) is 4.90 Å². The number of hydrogen-bond acceptors (Lipinski definition) is 8. The van der Waals surface area contributed by atoms with Crippen molar-refractivity contribution in [2.45, 2.75) is 11.3 Å². The summed E-state index contributed by atoms with van der Waals surface area (Å²) < 4.78 is 28.6. The Morgan fingerprint density at radius 2 is 1.93 bits per heavy atom. The van der Waals surface area contributed by atoms with Gasteiger partial charge in [0.25, 0.3) is 5.91 Å². The lowest BCUT2D eigenvalue weighted by Gasteiger charge is -2.14. The van der Waals surface area contributed by atoms with Crippen LogP contribution in [0, 0.1) is 0 Å². The Hall–Kier alpha value is -2.47. The highest BCUT2D eigenvalue weighted by molar-refractivity contribution is 8.26. The van der Waals surface area contributed by atoms with Crippen molar-refractivity contribution in [2.75, 3.05) is 6.54 Å². The molecule has 11 heteroatoms. The lowest BCUT2D eigenvalue weighted by atomic mass is 10.2. The average Bonchev–Trinajstić information content (AvgIpc) is 3.18. The second-order valence-corrected chi connectivity index (χ2v) is 8.96. The molecule has 0 unspecified atom stereocenters. The molecule has 2 N–H and O–H groups in total. The van der Waals surface area contributed by atoms with E-state index in [0.717, 1.165) is 11.8 Å². The van der Waals surface area contributed by atoms with Crippen LogP contribution in [0.5, 0.6) is 0 Å². The van der Waals surface area contributed by atoms with E-state index in [1.807, 2.05) is 0 Å². The predicted molar refractivity (Wildman–Crippen MR) is 105 cm³/mol. The van der Waals surface area contributed by atoms with Crippen LogP contribution in [0.2, 0.25) is 0 Å². The Bertz CT molecular complexity index is 1090. The highest BCUT2D eigenvalue weighted by Crippen LogP contribution is 2.33. The molecule has 2 heterocycles. The highest BCUT2D eigenvalue weighted by Gasteiger charge is 2.31. The SMILES string of the molecule is NS(=O)(=O)c1ccc(-c2ccc(/C=C3\SC(=S)N(CCC(=O)[O-])C3=O)o2)cc1. The summed E-state index contributed by atoms with van der Waals surface area (Å²) in [6, 6.07) is 9.18. The fourth-order valence-corrected chi connectivity index (χ4v) is 4.22. The van der Waals surface area contributed by atoms with Crippen LogP contribution in [-0.4, -0.2) is 36.1 Å². The third kappa shape index (κ3) is 4.50. The van der Waals surface area contributed by atoms with Crippen molar-refractivity contribution >= 4 is 56.3 Å². The minimum atomic E-state index is -3.78. The van der Waals surface area contributed by atoms with E-state index in [0.29, 0.717) is 22.0 Å². The van der Waals surface area contributed by atoms with Crippen LogP contribution in [0.1, 0.15) is 12.2 Å². The number of carboxylic acid groups (broad SMARTS) is 1. The summed E-state index contributed by atoms with van der Waals surface area (Å²) in [5.74, 6) is -0.792. The maximum Gasteiger partial charge on any atom is 0.266 e. The standard InChI is InChI=1S/C17H14N2O6S3/c18-28(23,24)12-4-1-10(2-5-12)13-6-3-11(25-13)9-14-16(22)19(17(26)27-14)8-7-15(20)21/h1-6,9H,7-8H2,(H,20,21)(H2,18,23,24)/p-1/b14-9-. The number of primary sulfonamides is 1. The summed E-state index contributed by atoms with van der Waals surface area (Å²) in [6.07, 6.45) is 1.21. The zero-order valence-corrected chi connectivity index (χ0v) is 16.6. The number of hydrogen-bond donors (Lipinski definition) is 1.